The van der Waals surface area contributed by atoms with Gasteiger partial charge in [0.25, 0.3) is 0 Å². The Bertz CT molecular complexity index is 324. The highest BCUT2D eigenvalue weighted by atomic mass is 16.5. The summed E-state index contributed by atoms with van der Waals surface area (Å²) >= 11 is 0. The fourth-order valence-corrected chi connectivity index (χ4v) is 5.40. The second kappa shape index (κ2) is 7.00. The first-order chi connectivity index (χ1) is 10.2. The summed E-state index contributed by atoms with van der Waals surface area (Å²) in [5, 5.41) is 3.98. The van der Waals surface area contributed by atoms with Crippen LogP contribution in [0, 0.1) is 17.3 Å². The zero-order chi connectivity index (χ0) is 14.7. The van der Waals surface area contributed by atoms with Gasteiger partial charge in [-0.15, -0.1) is 0 Å². The lowest BCUT2D eigenvalue weighted by atomic mass is 9.55. The predicted molar refractivity (Wildman–Crippen MR) is 88.5 cm³/mol. The van der Waals surface area contributed by atoms with Crippen molar-refractivity contribution in [2.45, 2.75) is 90.2 Å². The minimum atomic E-state index is 0.495. The lowest BCUT2D eigenvalue weighted by molar-refractivity contribution is -0.150. The van der Waals surface area contributed by atoms with Gasteiger partial charge in [0, 0.05) is 18.1 Å². The van der Waals surface area contributed by atoms with Gasteiger partial charge in [-0.2, -0.15) is 0 Å². The Labute approximate surface area is 131 Å². The molecule has 122 valence electrons. The number of ether oxygens (including phenoxy) is 1. The maximum atomic E-state index is 6.07. The Hall–Kier alpha value is -0.0800. The van der Waals surface area contributed by atoms with Gasteiger partial charge in [-0.1, -0.05) is 39.0 Å². The Balaban J connectivity index is 1.52. The van der Waals surface area contributed by atoms with E-state index in [-0.39, 0.29) is 0 Å². The van der Waals surface area contributed by atoms with E-state index in [2.05, 4.69) is 19.2 Å². The van der Waals surface area contributed by atoms with Crippen LogP contribution in [-0.2, 0) is 4.74 Å². The van der Waals surface area contributed by atoms with E-state index >= 15 is 0 Å². The molecule has 0 heterocycles. The van der Waals surface area contributed by atoms with Crippen LogP contribution < -0.4 is 5.32 Å². The summed E-state index contributed by atoms with van der Waals surface area (Å²) in [4.78, 5) is 0. The lowest BCUT2D eigenvalue weighted by Gasteiger charge is -2.58. The van der Waals surface area contributed by atoms with E-state index in [1.54, 1.807) is 0 Å². The van der Waals surface area contributed by atoms with Crippen LogP contribution in [0.1, 0.15) is 78.1 Å². The van der Waals surface area contributed by atoms with Crippen molar-refractivity contribution in [2.75, 3.05) is 13.2 Å². The highest BCUT2D eigenvalue weighted by molar-refractivity contribution is 5.09. The first kappa shape index (κ1) is 15.8. The molecule has 1 spiro atoms. The molecule has 1 N–H and O–H groups in total. The van der Waals surface area contributed by atoms with Gasteiger partial charge in [-0.05, 0) is 57.4 Å². The summed E-state index contributed by atoms with van der Waals surface area (Å²) in [6.45, 7) is 6.73. The normalized spacial score (nSPS) is 39.1. The summed E-state index contributed by atoms with van der Waals surface area (Å²) in [6.07, 6.45) is 14.7. The highest BCUT2D eigenvalue weighted by Gasteiger charge is 2.55. The first-order valence-corrected chi connectivity index (χ1v) is 9.59. The zero-order valence-corrected chi connectivity index (χ0v) is 14.2. The van der Waals surface area contributed by atoms with Crippen molar-refractivity contribution in [3.63, 3.8) is 0 Å². The minimum absolute atomic E-state index is 0.495. The zero-order valence-electron chi connectivity index (χ0n) is 14.2. The third-order valence-electron chi connectivity index (χ3n) is 6.64. The standard InChI is InChI=1S/C19H35NO/c1-3-21-18-13-17(19(18)10-5-4-6-11-19)20-14-16-9-7-8-15(2)12-16/h15-18,20H,3-14H2,1-2H3. The molecule has 3 rings (SSSR count). The average Bonchev–Trinajstić information content (AvgIpc) is 2.51. The summed E-state index contributed by atoms with van der Waals surface area (Å²) in [5.41, 5.74) is 0.495. The smallest absolute Gasteiger partial charge is 0.0661 e. The number of hydrogen-bond acceptors (Lipinski definition) is 2. The molecule has 2 nitrogen and oxygen atoms in total. The molecule has 4 atom stereocenters. The van der Waals surface area contributed by atoms with Crippen LogP contribution in [0.3, 0.4) is 0 Å². The Morgan fingerprint density at radius 2 is 1.86 bits per heavy atom. The van der Waals surface area contributed by atoms with E-state index in [0.29, 0.717) is 11.5 Å². The molecule has 0 saturated heterocycles. The third-order valence-corrected chi connectivity index (χ3v) is 6.64. The van der Waals surface area contributed by atoms with Gasteiger partial charge < -0.3 is 10.1 Å². The number of hydrogen-bond donors (Lipinski definition) is 1. The van der Waals surface area contributed by atoms with Crippen molar-refractivity contribution < 1.29 is 4.74 Å². The fourth-order valence-electron chi connectivity index (χ4n) is 5.40. The lowest BCUT2D eigenvalue weighted by Crippen LogP contribution is -2.65. The summed E-state index contributed by atoms with van der Waals surface area (Å²) < 4.78 is 6.07. The molecule has 0 bridgehead atoms. The van der Waals surface area contributed by atoms with Crippen molar-refractivity contribution in [2.24, 2.45) is 17.3 Å². The maximum Gasteiger partial charge on any atom is 0.0661 e. The SMILES string of the molecule is CCOC1CC(NCC2CCCC(C)C2)C12CCCCC2. The van der Waals surface area contributed by atoms with E-state index in [1.807, 2.05) is 0 Å². The van der Waals surface area contributed by atoms with Crippen molar-refractivity contribution in [1.29, 1.82) is 0 Å². The Morgan fingerprint density at radius 1 is 1.05 bits per heavy atom. The molecule has 0 aromatic carbocycles. The molecule has 2 heteroatoms. The average molecular weight is 293 g/mol. The van der Waals surface area contributed by atoms with E-state index < -0.39 is 0 Å². The number of nitrogens with one attached hydrogen (secondary N) is 1. The van der Waals surface area contributed by atoms with Crippen molar-refractivity contribution in [3.05, 3.63) is 0 Å². The van der Waals surface area contributed by atoms with Gasteiger partial charge in [0.05, 0.1) is 6.10 Å². The monoisotopic (exact) mass is 293 g/mol. The van der Waals surface area contributed by atoms with Gasteiger partial charge in [0.2, 0.25) is 0 Å². The summed E-state index contributed by atoms with van der Waals surface area (Å²) in [7, 11) is 0. The summed E-state index contributed by atoms with van der Waals surface area (Å²) in [5.74, 6) is 1.88. The Kier molecular flexibility index (Phi) is 5.27. The molecule has 0 radical (unpaired) electrons. The van der Waals surface area contributed by atoms with Crippen LogP contribution in [0.5, 0.6) is 0 Å². The van der Waals surface area contributed by atoms with Crippen LogP contribution in [0.2, 0.25) is 0 Å². The summed E-state index contributed by atoms with van der Waals surface area (Å²) in [6, 6.07) is 0.742. The maximum absolute atomic E-state index is 6.07. The van der Waals surface area contributed by atoms with Gasteiger partial charge >= 0.3 is 0 Å². The third kappa shape index (κ3) is 3.32. The number of rotatable bonds is 5. The van der Waals surface area contributed by atoms with Crippen molar-refractivity contribution in [1.82, 2.24) is 5.32 Å². The van der Waals surface area contributed by atoms with E-state index in [9.17, 15) is 0 Å². The molecule has 0 aromatic rings. The van der Waals surface area contributed by atoms with Gasteiger partial charge in [0.15, 0.2) is 0 Å². The fraction of sp³-hybridized carbons (Fsp3) is 1.00. The largest absolute Gasteiger partial charge is 0.378 e. The van der Waals surface area contributed by atoms with Crippen molar-refractivity contribution in [3.8, 4) is 0 Å². The predicted octanol–water partition coefficient (Wildman–Crippen LogP) is 4.53. The molecule has 4 unspecified atom stereocenters. The topological polar surface area (TPSA) is 21.3 Å². The molecule has 3 aliphatic carbocycles. The molecule has 3 saturated carbocycles. The second-order valence-electron chi connectivity index (χ2n) is 8.07. The van der Waals surface area contributed by atoms with Gasteiger partial charge in [-0.3, -0.25) is 0 Å². The quantitative estimate of drug-likeness (QED) is 0.804. The Morgan fingerprint density at radius 3 is 2.57 bits per heavy atom. The molecule has 3 fully saturated rings. The second-order valence-corrected chi connectivity index (χ2v) is 8.07. The highest BCUT2D eigenvalue weighted by Crippen LogP contribution is 2.53. The van der Waals surface area contributed by atoms with Crippen LogP contribution in [0.4, 0.5) is 0 Å². The minimum Gasteiger partial charge on any atom is -0.378 e. The molecule has 3 aliphatic rings. The van der Waals surface area contributed by atoms with E-state index in [0.717, 1.165) is 24.5 Å². The van der Waals surface area contributed by atoms with Crippen LogP contribution >= 0.6 is 0 Å². The van der Waals surface area contributed by atoms with Gasteiger partial charge in [0.1, 0.15) is 0 Å². The van der Waals surface area contributed by atoms with Crippen LogP contribution in [0.15, 0.2) is 0 Å². The van der Waals surface area contributed by atoms with E-state index in [1.165, 1.54) is 70.8 Å². The van der Waals surface area contributed by atoms with Crippen molar-refractivity contribution >= 4 is 0 Å². The van der Waals surface area contributed by atoms with Crippen LogP contribution in [-0.4, -0.2) is 25.3 Å². The molecule has 0 amide bonds. The molecule has 0 aromatic heterocycles. The van der Waals surface area contributed by atoms with Gasteiger partial charge in [-0.25, -0.2) is 0 Å². The molecular weight excluding hydrogens is 258 g/mol. The molecular formula is C19H35NO. The molecule has 0 aliphatic heterocycles. The first-order valence-electron chi connectivity index (χ1n) is 9.59. The van der Waals surface area contributed by atoms with Crippen LogP contribution in [0.25, 0.3) is 0 Å². The van der Waals surface area contributed by atoms with E-state index in [4.69, 9.17) is 4.74 Å². The molecule has 21 heavy (non-hydrogen) atoms.